The summed E-state index contributed by atoms with van der Waals surface area (Å²) in [7, 11) is 5.90. The Bertz CT molecular complexity index is 313. The molecule has 1 atom stereocenters. The lowest BCUT2D eigenvalue weighted by molar-refractivity contribution is 0.271. The molecule has 0 saturated carbocycles. The monoisotopic (exact) mass is 222 g/mol. The molecule has 1 aromatic rings. The number of hydrogen-bond acceptors (Lipinski definition) is 3. The van der Waals surface area contributed by atoms with Gasteiger partial charge in [0.15, 0.2) is 0 Å². The van der Waals surface area contributed by atoms with Crippen LogP contribution in [0.2, 0.25) is 0 Å². The molecule has 1 aromatic carbocycles. The van der Waals surface area contributed by atoms with Crippen molar-refractivity contribution in [1.29, 1.82) is 0 Å². The molecule has 3 heteroatoms. The van der Waals surface area contributed by atoms with Crippen molar-refractivity contribution < 1.29 is 4.74 Å². The fourth-order valence-electron chi connectivity index (χ4n) is 1.94. The maximum Gasteiger partial charge on any atom is 0.123 e. The predicted octanol–water partition coefficient (Wildman–Crippen LogP) is 2.04. The molecule has 0 saturated heterocycles. The van der Waals surface area contributed by atoms with Gasteiger partial charge < -0.3 is 15.4 Å². The van der Waals surface area contributed by atoms with Gasteiger partial charge in [-0.3, -0.25) is 0 Å². The first-order chi connectivity index (χ1) is 7.70. The van der Waals surface area contributed by atoms with Crippen LogP contribution in [0.3, 0.4) is 0 Å². The molecule has 3 nitrogen and oxygen atoms in total. The Morgan fingerprint density at radius 2 is 2.00 bits per heavy atom. The second kappa shape index (κ2) is 6.51. The van der Waals surface area contributed by atoms with E-state index in [0.29, 0.717) is 6.04 Å². The van der Waals surface area contributed by atoms with Crippen molar-refractivity contribution in [1.82, 2.24) is 4.90 Å². The zero-order valence-electron chi connectivity index (χ0n) is 10.4. The van der Waals surface area contributed by atoms with Crippen molar-refractivity contribution in [3.05, 3.63) is 29.8 Å². The van der Waals surface area contributed by atoms with Gasteiger partial charge >= 0.3 is 0 Å². The smallest absolute Gasteiger partial charge is 0.123 e. The average Bonchev–Trinajstić information content (AvgIpc) is 2.29. The van der Waals surface area contributed by atoms with E-state index in [0.717, 1.165) is 25.1 Å². The van der Waals surface area contributed by atoms with Crippen molar-refractivity contribution in [2.75, 3.05) is 27.7 Å². The Morgan fingerprint density at radius 1 is 1.31 bits per heavy atom. The van der Waals surface area contributed by atoms with E-state index in [1.807, 2.05) is 12.1 Å². The molecule has 0 aliphatic carbocycles. The third-order valence-corrected chi connectivity index (χ3v) is 2.80. The highest BCUT2D eigenvalue weighted by molar-refractivity contribution is 5.35. The number of benzene rings is 1. The van der Waals surface area contributed by atoms with Crippen LogP contribution in [0.5, 0.6) is 5.75 Å². The molecule has 2 N–H and O–H groups in total. The summed E-state index contributed by atoms with van der Waals surface area (Å²) >= 11 is 0. The lowest BCUT2D eigenvalue weighted by Gasteiger charge is -2.26. The molecular formula is C13H22N2O. The van der Waals surface area contributed by atoms with Crippen molar-refractivity contribution in [3.63, 3.8) is 0 Å². The summed E-state index contributed by atoms with van der Waals surface area (Å²) in [6.45, 7) is 0.736. The van der Waals surface area contributed by atoms with Gasteiger partial charge in [-0.2, -0.15) is 0 Å². The predicted molar refractivity (Wildman–Crippen MR) is 67.7 cm³/mol. The number of nitrogens with zero attached hydrogens (tertiary/aromatic N) is 1. The summed E-state index contributed by atoms with van der Waals surface area (Å²) in [4.78, 5) is 2.22. The number of hydrogen-bond donors (Lipinski definition) is 1. The van der Waals surface area contributed by atoms with Gasteiger partial charge in [0.2, 0.25) is 0 Å². The van der Waals surface area contributed by atoms with Crippen LogP contribution in [0.25, 0.3) is 0 Å². The van der Waals surface area contributed by atoms with Gasteiger partial charge in [-0.1, -0.05) is 18.2 Å². The molecule has 1 unspecified atom stereocenters. The number of methoxy groups -OCH3 is 1. The molecule has 0 bridgehead atoms. The highest BCUT2D eigenvalue weighted by Gasteiger charge is 2.17. The summed E-state index contributed by atoms with van der Waals surface area (Å²) in [6.07, 6.45) is 2.09. The number of para-hydroxylation sites is 1. The van der Waals surface area contributed by atoms with Gasteiger partial charge in [-0.05, 0) is 39.5 Å². The second-order valence-corrected chi connectivity index (χ2v) is 4.15. The Hall–Kier alpha value is -1.06. The molecule has 0 fully saturated rings. The van der Waals surface area contributed by atoms with Crippen LogP contribution in [0.15, 0.2) is 24.3 Å². The Kier molecular flexibility index (Phi) is 5.29. The van der Waals surface area contributed by atoms with Crippen molar-refractivity contribution in [3.8, 4) is 5.75 Å². The lowest BCUT2D eigenvalue weighted by atomic mass is 10.00. The van der Waals surface area contributed by atoms with Crippen LogP contribution in [0, 0.1) is 0 Å². The Morgan fingerprint density at radius 3 is 2.56 bits per heavy atom. The molecule has 16 heavy (non-hydrogen) atoms. The summed E-state index contributed by atoms with van der Waals surface area (Å²) < 4.78 is 5.40. The van der Waals surface area contributed by atoms with Crippen LogP contribution in [0.1, 0.15) is 24.4 Å². The first-order valence-corrected chi connectivity index (χ1v) is 5.70. The SMILES string of the molecule is COc1ccccc1C(CCCN)N(C)C. The van der Waals surface area contributed by atoms with Crippen LogP contribution < -0.4 is 10.5 Å². The zero-order chi connectivity index (χ0) is 12.0. The van der Waals surface area contributed by atoms with Gasteiger partial charge in [0.05, 0.1) is 7.11 Å². The van der Waals surface area contributed by atoms with E-state index >= 15 is 0 Å². The summed E-state index contributed by atoms with van der Waals surface area (Å²) in [5.74, 6) is 0.957. The summed E-state index contributed by atoms with van der Waals surface area (Å²) in [6, 6.07) is 8.56. The van der Waals surface area contributed by atoms with Crippen LogP contribution in [-0.4, -0.2) is 32.6 Å². The van der Waals surface area contributed by atoms with E-state index in [1.165, 1.54) is 5.56 Å². The maximum absolute atomic E-state index is 5.58. The van der Waals surface area contributed by atoms with Gasteiger partial charge in [-0.15, -0.1) is 0 Å². The molecule has 0 amide bonds. The van der Waals surface area contributed by atoms with E-state index in [-0.39, 0.29) is 0 Å². The van der Waals surface area contributed by atoms with Crippen molar-refractivity contribution >= 4 is 0 Å². The van der Waals surface area contributed by atoms with E-state index in [9.17, 15) is 0 Å². The van der Waals surface area contributed by atoms with E-state index in [4.69, 9.17) is 10.5 Å². The van der Waals surface area contributed by atoms with Gasteiger partial charge in [0.1, 0.15) is 5.75 Å². The average molecular weight is 222 g/mol. The maximum atomic E-state index is 5.58. The first kappa shape index (κ1) is 13.0. The minimum atomic E-state index is 0.375. The highest BCUT2D eigenvalue weighted by Crippen LogP contribution is 2.30. The largest absolute Gasteiger partial charge is 0.496 e. The summed E-state index contributed by atoms with van der Waals surface area (Å²) in [5.41, 5.74) is 6.82. The molecule has 1 rings (SSSR count). The molecule has 0 aromatic heterocycles. The number of ether oxygens (including phenoxy) is 1. The van der Waals surface area contributed by atoms with Crippen molar-refractivity contribution in [2.24, 2.45) is 5.73 Å². The first-order valence-electron chi connectivity index (χ1n) is 5.70. The van der Waals surface area contributed by atoms with Crippen molar-refractivity contribution in [2.45, 2.75) is 18.9 Å². The Balaban J connectivity index is 2.91. The van der Waals surface area contributed by atoms with E-state index in [1.54, 1.807) is 7.11 Å². The molecule has 0 radical (unpaired) electrons. The Labute approximate surface area is 98.2 Å². The second-order valence-electron chi connectivity index (χ2n) is 4.15. The number of rotatable bonds is 6. The van der Waals surface area contributed by atoms with E-state index in [2.05, 4.69) is 31.1 Å². The molecule has 0 spiro atoms. The fraction of sp³-hybridized carbons (Fsp3) is 0.538. The minimum absolute atomic E-state index is 0.375. The quantitative estimate of drug-likeness (QED) is 0.800. The lowest BCUT2D eigenvalue weighted by Crippen LogP contribution is -2.21. The minimum Gasteiger partial charge on any atom is -0.496 e. The molecule has 0 heterocycles. The van der Waals surface area contributed by atoms with Gasteiger partial charge in [0, 0.05) is 11.6 Å². The van der Waals surface area contributed by atoms with Crippen LogP contribution in [0.4, 0.5) is 0 Å². The molecular weight excluding hydrogens is 200 g/mol. The highest BCUT2D eigenvalue weighted by atomic mass is 16.5. The molecule has 90 valence electrons. The van der Waals surface area contributed by atoms with Gasteiger partial charge in [0.25, 0.3) is 0 Å². The summed E-state index contributed by atoms with van der Waals surface area (Å²) in [5, 5.41) is 0. The third-order valence-electron chi connectivity index (χ3n) is 2.80. The topological polar surface area (TPSA) is 38.5 Å². The molecule has 0 aliphatic heterocycles. The fourth-order valence-corrected chi connectivity index (χ4v) is 1.94. The van der Waals surface area contributed by atoms with Crippen LogP contribution in [-0.2, 0) is 0 Å². The van der Waals surface area contributed by atoms with Gasteiger partial charge in [-0.25, -0.2) is 0 Å². The number of nitrogens with two attached hydrogens (primary N) is 1. The van der Waals surface area contributed by atoms with Crippen LogP contribution >= 0.6 is 0 Å². The standard InChI is InChI=1S/C13H22N2O/c1-15(2)12(8-6-10-14)11-7-4-5-9-13(11)16-3/h4-5,7,9,12H,6,8,10,14H2,1-3H3. The third kappa shape index (κ3) is 3.22. The van der Waals surface area contributed by atoms with E-state index < -0.39 is 0 Å². The zero-order valence-corrected chi connectivity index (χ0v) is 10.4. The molecule has 0 aliphatic rings. The normalized spacial score (nSPS) is 12.8.